The zero-order valence-electron chi connectivity index (χ0n) is 19.6. The van der Waals surface area contributed by atoms with Crippen LogP contribution in [0.1, 0.15) is 78.1 Å². The van der Waals surface area contributed by atoms with Gasteiger partial charge in [0.25, 0.3) is 0 Å². The van der Waals surface area contributed by atoms with Gasteiger partial charge in [0.1, 0.15) is 12.2 Å². The lowest BCUT2D eigenvalue weighted by molar-refractivity contribution is -0.224. The van der Waals surface area contributed by atoms with Gasteiger partial charge >= 0.3 is 0 Å². The van der Waals surface area contributed by atoms with Crippen LogP contribution in [0.4, 0.5) is 0 Å². The van der Waals surface area contributed by atoms with E-state index < -0.39 is 16.6 Å². The lowest BCUT2D eigenvalue weighted by Gasteiger charge is -2.64. The van der Waals surface area contributed by atoms with Crippen molar-refractivity contribution < 1.29 is 20.2 Å². The third kappa shape index (κ3) is 3.62. The molecule has 0 spiro atoms. The SMILES string of the molecule is C[C@]12CC[C@H](O)C[C@H]1CC[C@@H]1[C@@H]2CC[C@]2(C)[C@@](O)(/C=N/OCCCNC(=N)N)CC[C@]12O. The summed E-state index contributed by atoms with van der Waals surface area (Å²) >= 11 is 0. The number of aliphatic hydroxyl groups is 3. The zero-order chi connectivity index (χ0) is 23.2. The van der Waals surface area contributed by atoms with Gasteiger partial charge in [-0.3, -0.25) is 5.41 Å². The number of hydrogen-bond acceptors (Lipinski definition) is 6. The highest BCUT2D eigenvalue weighted by molar-refractivity contribution is 5.74. The molecule has 4 aliphatic carbocycles. The molecule has 0 unspecified atom stereocenters. The Hall–Kier alpha value is -1.38. The van der Waals surface area contributed by atoms with E-state index in [2.05, 4.69) is 17.4 Å². The second-order valence-corrected chi connectivity index (χ2v) is 11.4. The molecule has 0 aromatic carbocycles. The van der Waals surface area contributed by atoms with Gasteiger partial charge in [0.15, 0.2) is 5.96 Å². The van der Waals surface area contributed by atoms with Crippen molar-refractivity contribution in [3.63, 3.8) is 0 Å². The van der Waals surface area contributed by atoms with Crippen molar-refractivity contribution in [1.29, 1.82) is 5.41 Å². The summed E-state index contributed by atoms with van der Waals surface area (Å²) in [4.78, 5) is 5.36. The Morgan fingerprint density at radius 2 is 1.91 bits per heavy atom. The first-order valence-electron chi connectivity index (χ1n) is 12.4. The Morgan fingerprint density at radius 1 is 1.12 bits per heavy atom. The van der Waals surface area contributed by atoms with Crippen molar-refractivity contribution in [2.75, 3.05) is 13.2 Å². The summed E-state index contributed by atoms with van der Waals surface area (Å²) in [6.45, 7) is 5.33. The lowest BCUT2D eigenvalue weighted by Crippen LogP contribution is -2.65. The molecule has 0 aliphatic heterocycles. The number of fused-ring (bicyclic) bond motifs is 5. The van der Waals surface area contributed by atoms with Gasteiger partial charge in [0.05, 0.1) is 17.9 Å². The van der Waals surface area contributed by atoms with Crippen LogP contribution in [0, 0.1) is 34.0 Å². The highest BCUT2D eigenvalue weighted by Gasteiger charge is 2.71. The molecule has 4 rings (SSSR count). The van der Waals surface area contributed by atoms with Crippen LogP contribution in [-0.2, 0) is 4.84 Å². The van der Waals surface area contributed by atoms with Crippen LogP contribution < -0.4 is 11.1 Å². The standard InChI is InChI=1S/C24H42N4O4/c1-21-8-6-17(29)14-16(21)4-5-19-18(21)7-9-22(2)23(30,10-11-24(19,22)31)15-28-32-13-3-12-27-20(25)26/h15-19,29-31H,3-14H2,1-2H3,(H4,25,26,27)/b28-15+/t16-,17+,18+,19-,21+,22-,23+,24+/m1/s1. The smallest absolute Gasteiger partial charge is 0.185 e. The third-order valence-corrected chi connectivity index (χ3v) is 10.1. The molecular weight excluding hydrogens is 408 g/mol. The Morgan fingerprint density at radius 3 is 2.66 bits per heavy atom. The van der Waals surface area contributed by atoms with Crippen LogP contribution in [0.2, 0.25) is 0 Å². The maximum absolute atomic E-state index is 12.1. The van der Waals surface area contributed by atoms with Crippen LogP contribution in [-0.4, -0.2) is 58.0 Å². The molecule has 8 atom stereocenters. The number of guanidine groups is 1. The molecule has 4 saturated carbocycles. The van der Waals surface area contributed by atoms with Gasteiger partial charge < -0.3 is 31.2 Å². The molecule has 182 valence electrons. The number of aliphatic hydroxyl groups excluding tert-OH is 1. The van der Waals surface area contributed by atoms with Gasteiger partial charge in [-0.25, -0.2) is 0 Å². The van der Waals surface area contributed by atoms with Gasteiger partial charge in [-0.1, -0.05) is 19.0 Å². The van der Waals surface area contributed by atoms with Crippen molar-refractivity contribution in [2.24, 2.45) is 39.5 Å². The minimum absolute atomic E-state index is 0.0659. The van der Waals surface area contributed by atoms with Gasteiger partial charge in [-0.05, 0) is 81.0 Å². The molecule has 0 aromatic rings. The number of nitrogens with zero attached hydrogens (tertiary/aromatic N) is 1. The topological polar surface area (TPSA) is 144 Å². The minimum Gasteiger partial charge on any atom is -0.396 e. The van der Waals surface area contributed by atoms with Gasteiger partial charge in [0.2, 0.25) is 0 Å². The van der Waals surface area contributed by atoms with Crippen molar-refractivity contribution in [3.05, 3.63) is 0 Å². The van der Waals surface area contributed by atoms with Crippen LogP contribution in [0.25, 0.3) is 0 Å². The summed E-state index contributed by atoms with van der Waals surface area (Å²) in [5.41, 5.74) is 2.67. The fraction of sp³-hybridized carbons (Fsp3) is 0.917. The zero-order valence-corrected chi connectivity index (χ0v) is 19.6. The van der Waals surface area contributed by atoms with E-state index >= 15 is 0 Å². The summed E-state index contributed by atoms with van der Waals surface area (Å²) in [7, 11) is 0. The summed E-state index contributed by atoms with van der Waals surface area (Å²) in [5.74, 6) is 1.09. The van der Waals surface area contributed by atoms with Crippen LogP contribution >= 0.6 is 0 Å². The molecule has 0 bridgehead atoms. The van der Waals surface area contributed by atoms with Crippen molar-refractivity contribution in [2.45, 2.75) is 95.4 Å². The van der Waals surface area contributed by atoms with Crippen molar-refractivity contribution >= 4 is 12.2 Å². The molecule has 8 heteroatoms. The predicted octanol–water partition coefficient (Wildman–Crippen LogP) is 2.11. The van der Waals surface area contributed by atoms with Gasteiger partial charge in [-0.15, -0.1) is 0 Å². The third-order valence-electron chi connectivity index (χ3n) is 10.1. The number of nitrogens with two attached hydrogens (primary N) is 1. The van der Waals surface area contributed by atoms with Crippen LogP contribution in [0.15, 0.2) is 5.16 Å². The van der Waals surface area contributed by atoms with E-state index in [4.69, 9.17) is 16.0 Å². The fourth-order valence-electron chi connectivity index (χ4n) is 8.00. The van der Waals surface area contributed by atoms with E-state index in [1.807, 2.05) is 6.92 Å². The first kappa shape index (κ1) is 23.8. The second kappa shape index (κ2) is 8.44. The number of hydrogen-bond donors (Lipinski definition) is 6. The highest BCUT2D eigenvalue weighted by Crippen LogP contribution is 2.69. The second-order valence-electron chi connectivity index (χ2n) is 11.4. The van der Waals surface area contributed by atoms with E-state index in [0.29, 0.717) is 44.2 Å². The Bertz CT molecular complexity index is 750. The Kier molecular flexibility index (Phi) is 6.27. The van der Waals surface area contributed by atoms with Gasteiger partial charge in [-0.2, -0.15) is 0 Å². The summed E-state index contributed by atoms with van der Waals surface area (Å²) in [6, 6.07) is 0. The highest BCUT2D eigenvalue weighted by atomic mass is 16.6. The maximum Gasteiger partial charge on any atom is 0.185 e. The average Bonchev–Trinajstić information content (AvgIpc) is 2.95. The van der Waals surface area contributed by atoms with Crippen molar-refractivity contribution in [3.8, 4) is 0 Å². The first-order valence-corrected chi connectivity index (χ1v) is 12.4. The normalized spacial score (nSPS) is 48.0. The van der Waals surface area contributed by atoms with Crippen molar-refractivity contribution in [1.82, 2.24) is 5.32 Å². The van der Waals surface area contributed by atoms with Crippen LogP contribution in [0.5, 0.6) is 0 Å². The molecule has 0 aromatic heterocycles. The molecule has 0 amide bonds. The molecule has 32 heavy (non-hydrogen) atoms. The molecule has 0 saturated heterocycles. The molecule has 0 radical (unpaired) electrons. The molecule has 7 N–H and O–H groups in total. The van der Waals surface area contributed by atoms with Gasteiger partial charge in [0, 0.05) is 18.4 Å². The first-order chi connectivity index (χ1) is 15.1. The number of rotatable bonds is 6. The predicted molar refractivity (Wildman–Crippen MR) is 123 cm³/mol. The van der Waals surface area contributed by atoms with E-state index in [1.165, 1.54) is 6.21 Å². The van der Waals surface area contributed by atoms with E-state index in [0.717, 1.165) is 44.9 Å². The van der Waals surface area contributed by atoms with E-state index in [-0.39, 0.29) is 23.4 Å². The molecule has 0 heterocycles. The quantitative estimate of drug-likeness (QED) is 0.158. The largest absolute Gasteiger partial charge is 0.396 e. The lowest BCUT2D eigenvalue weighted by atomic mass is 9.43. The summed E-state index contributed by atoms with van der Waals surface area (Å²) in [5, 5.41) is 47.9. The Labute approximate surface area is 191 Å². The molecular formula is C24H42N4O4. The van der Waals surface area contributed by atoms with Crippen LogP contribution in [0.3, 0.4) is 0 Å². The Balaban J connectivity index is 1.45. The molecule has 8 nitrogen and oxygen atoms in total. The number of oxime groups is 1. The summed E-state index contributed by atoms with van der Waals surface area (Å²) < 4.78 is 0. The summed E-state index contributed by atoms with van der Waals surface area (Å²) in [6.07, 6.45) is 9.64. The molecule has 4 fully saturated rings. The average molecular weight is 451 g/mol. The fourth-order valence-corrected chi connectivity index (χ4v) is 8.00. The van der Waals surface area contributed by atoms with E-state index in [9.17, 15) is 15.3 Å². The van der Waals surface area contributed by atoms with E-state index in [1.54, 1.807) is 0 Å². The number of nitrogens with one attached hydrogen (secondary N) is 2. The monoisotopic (exact) mass is 450 g/mol. The minimum atomic E-state index is -1.19. The molecule has 4 aliphatic rings. The maximum atomic E-state index is 12.1.